The number of rotatable bonds is 2. The molecule has 0 saturated heterocycles. The summed E-state index contributed by atoms with van der Waals surface area (Å²) in [6.45, 7) is 1.61. The third-order valence-corrected chi connectivity index (χ3v) is 4.67. The van der Waals surface area contributed by atoms with E-state index in [1.54, 1.807) is 46.2 Å². The third kappa shape index (κ3) is 3.09. The first-order valence-electron chi connectivity index (χ1n) is 8.24. The van der Waals surface area contributed by atoms with Crippen molar-refractivity contribution >= 4 is 23.2 Å². The Hall–Kier alpha value is -2.70. The molecule has 1 aromatic heterocycles. The maximum atomic E-state index is 13.6. The molecule has 3 aromatic rings. The molecule has 0 radical (unpaired) electrons. The molecule has 1 aliphatic rings. The molecule has 2 aromatic carbocycles. The van der Waals surface area contributed by atoms with E-state index >= 15 is 0 Å². The zero-order valence-corrected chi connectivity index (χ0v) is 14.6. The highest BCUT2D eigenvalue weighted by Crippen LogP contribution is 2.28. The number of hydrogen-bond acceptors (Lipinski definition) is 3. The number of carbonyl (C=O) groups is 1. The van der Waals surface area contributed by atoms with Gasteiger partial charge in [0.2, 0.25) is 0 Å². The summed E-state index contributed by atoms with van der Waals surface area (Å²) in [4.78, 5) is 14.8. The number of hydrogen-bond donors (Lipinski definition) is 1. The lowest BCUT2D eigenvalue weighted by atomic mass is 10.1. The normalized spacial score (nSPS) is 14.0. The van der Waals surface area contributed by atoms with Crippen molar-refractivity contribution in [3.8, 4) is 5.69 Å². The number of carbonyl (C=O) groups excluding carboxylic acids is 1. The fraction of sp³-hybridized carbons (Fsp3) is 0.158. The van der Waals surface area contributed by atoms with E-state index in [1.807, 2.05) is 6.07 Å². The van der Waals surface area contributed by atoms with Crippen molar-refractivity contribution in [3.63, 3.8) is 0 Å². The predicted octanol–water partition coefficient (Wildman–Crippen LogP) is 3.41. The number of fused-ring (bicyclic) bond motifs is 1. The lowest BCUT2D eigenvalue weighted by Gasteiger charge is -2.23. The second kappa shape index (κ2) is 6.90. The van der Waals surface area contributed by atoms with E-state index in [9.17, 15) is 9.18 Å². The van der Waals surface area contributed by atoms with Crippen LogP contribution in [0, 0.1) is 5.82 Å². The summed E-state index contributed by atoms with van der Waals surface area (Å²) >= 11 is 6.39. The van der Waals surface area contributed by atoms with Gasteiger partial charge in [-0.25, -0.2) is 9.07 Å². The van der Waals surface area contributed by atoms with Crippen LogP contribution in [-0.4, -0.2) is 28.8 Å². The molecule has 0 saturated carbocycles. The number of benzene rings is 2. The molecule has 0 aliphatic carbocycles. The SMILES string of the molecule is O=C(c1ccc(-n2cccn2)cc1Cl)N1CCNCc2cc(F)ccc21. The summed E-state index contributed by atoms with van der Waals surface area (Å²) < 4.78 is 15.2. The van der Waals surface area contributed by atoms with Gasteiger partial charge in [-0.1, -0.05) is 11.6 Å². The summed E-state index contributed by atoms with van der Waals surface area (Å²) in [5.41, 5.74) is 2.63. The van der Waals surface area contributed by atoms with Crippen molar-refractivity contribution in [2.75, 3.05) is 18.0 Å². The predicted molar refractivity (Wildman–Crippen MR) is 98.4 cm³/mol. The van der Waals surface area contributed by atoms with Crippen molar-refractivity contribution in [3.05, 3.63) is 76.8 Å². The second-order valence-corrected chi connectivity index (χ2v) is 6.43. The Bertz CT molecular complexity index is 958. The lowest BCUT2D eigenvalue weighted by molar-refractivity contribution is 0.0987. The molecular weight excluding hydrogens is 355 g/mol. The van der Waals surface area contributed by atoms with E-state index in [1.165, 1.54) is 12.1 Å². The molecule has 132 valence electrons. The smallest absolute Gasteiger partial charge is 0.259 e. The van der Waals surface area contributed by atoms with Gasteiger partial charge in [-0.15, -0.1) is 0 Å². The van der Waals surface area contributed by atoms with Gasteiger partial charge in [-0.05, 0) is 48.0 Å². The zero-order valence-electron chi connectivity index (χ0n) is 13.8. The molecule has 0 unspecified atom stereocenters. The first-order chi connectivity index (χ1) is 12.6. The number of anilines is 1. The second-order valence-electron chi connectivity index (χ2n) is 6.02. The first-order valence-corrected chi connectivity index (χ1v) is 8.62. The van der Waals surface area contributed by atoms with Gasteiger partial charge in [-0.3, -0.25) is 4.79 Å². The van der Waals surface area contributed by atoms with E-state index in [2.05, 4.69) is 10.4 Å². The molecule has 1 amide bonds. The number of amides is 1. The molecule has 0 fully saturated rings. The Morgan fingerprint density at radius 1 is 1.23 bits per heavy atom. The highest BCUT2D eigenvalue weighted by atomic mass is 35.5. The first kappa shape index (κ1) is 16.8. The van der Waals surface area contributed by atoms with Gasteiger partial charge in [0.25, 0.3) is 5.91 Å². The Morgan fingerprint density at radius 3 is 2.88 bits per heavy atom. The van der Waals surface area contributed by atoms with Crippen LogP contribution in [-0.2, 0) is 6.54 Å². The Labute approximate surface area is 155 Å². The Balaban J connectivity index is 1.70. The van der Waals surface area contributed by atoms with Gasteiger partial charge in [0.05, 0.1) is 16.3 Å². The molecule has 1 N–H and O–H groups in total. The molecule has 5 nitrogen and oxygen atoms in total. The summed E-state index contributed by atoms with van der Waals surface area (Å²) in [6, 6.07) is 11.5. The van der Waals surface area contributed by atoms with Crippen LogP contribution in [0.15, 0.2) is 54.9 Å². The lowest BCUT2D eigenvalue weighted by Crippen LogP contribution is -2.35. The fourth-order valence-corrected chi connectivity index (χ4v) is 3.35. The van der Waals surface area contributed by atoms with E-state index in [0.29, 0.717) is 35.9 Å². The minimum atomic E-state index is -0.318. The van der Waals surface area contributed by atoms with E-state index in [-0.39, 0.29) is 11.7 Å². The maximum Gasteiger partial charge on any atom is 0.259 e. The topological polar surface area (TPSA) is 50.2 Å². The molecule has 0 atom stereocenters. The molecule has 1 aliphatic heterocycles. The Morgan fingerprint density at radius 2 is 2.12 bits per heavy atom. The quantitative estimate of drug-likeness (QED) is 0.752. The minimum Gasteiger partial charge on any atom is -0.311 e. The third-order valence-electron chi connectivity index (χ3n) is 4.36. The van der Waals surface area contributed by atoms with Crippen LogP contribution in [0.2, 0.25) is 5.02 Å². The van der Waals surface area contributed by atoms with Gasteiger partial charge in [0.1, 0.15) is 5.82 Å². The van der Waals surface area contributed by atoms with Crippen molar-refractivity contribution < 1.29 is 9.18 Å². The van der Waals surface area contributed by atoms with Crippen LogP contribution < -0.4 is 10.2 Å². The summed E-state index contributed by atoms with van der Waals surface area (Å²) in [6.07, 6.45) is 3.48. The van der Waals surface area contributed by atoms with Gasteiger partial charge < -0.3 is 10.2 Å². The van der Waals surface area contributed by atoms with Crippen molar-refractivity contribution in [2.45, 2.75) is 6.54 Å². The van der Waals surface area contributed by atoms with Crippen molar-refractivity contribution in [1.29, 1.82) is 0 Å². The van der Waals surface area contributed by atoms with Gasteiger partial charge >= 0.3 is 0 Å². The minimum absolute atomic E-state index is 0.210. The van der Waals surface area contributed by atoms with Crippen LogP contribution in [0.25, 0.3) is 5.69 Å². The molecule has 4 rings (SSSR count). The summed E-state index contributed by atoms with van der Waals surface area (Å²) in [5, 5.41) is 7.72. The number of aromatic nitrogens is 2. The average molecular weight is 371 g/mol. The van der Waals surface area contributed by atoms with Crippen LogP contribution >= 0.6 is 11.6 Å². The van der Waals surface area contributed by atoms with Crippen LogP contribution in [0.1, 0.15) is 15.9 Å². The molecule has 0 spiro atoms. The highest BCUT2D eigenvalue weighted by Gasteiger charge is 2.24. The number of nitrogens with zero attached hydrogens (tertiary/aromatic N) is 3. The highest BCUT2D eigenvalue weighted by molar-refractivity contribution is 6.34. The molecule has 26 heavy (non-hydrogen) atoms. The summed E-state index contributed by atoms with van der Waals surface area (Å²) in [7, 11) is 0. The fourth-order valence-electron chi connectivity index (χ4n) is 3.09. The van der Waals surface area contributed by atoms with Gasteiger partial charge in [0, 0.05) is 37.7 Å². The Kier molecular flexibility index (Phi) is 4.44. The maximum absolute atomic E-state index is 13.6. The number of nitrogens with one attached hydrogen (secondary N) is 1. The van der Waals surface area contributed by atoms with E-state index in [4.69, 9.17) is 11.6 Å². The molecule has 0 bridgehead atoms. The monoisotopic (exact) mass is 370 g/mol. The molecular formula is C19H16ClFN4O. The molecule has 2 heterocycles. The van der Waals surface area contributed by atoms with Crippen LogP contribution in [0.4, 0.5) is 10.1 Å². The van der Waals surface area contributed by atoms with Gasteiger partial charge in [0.15, 0.2) is 0 Å². The standard InChI is InChI=1S/C19H16ClFN4O/c20-17-11-15(25-8-1-6-23-25)3-4-16(17)19(26)24-9-7-22-12-13-10-14(21)2-5-18(13)24/h1-6,8,10-11,22H,7,9,12H2. The average Bonchev–Trinajstić information content (AvgIpc) is 3.09. The van der Waals surface area contributed by atoms with E-state index in [0.717, 1.165) is 11.3 Å². The molecule has 7 heteroatoms. The van der Waals surface area contributed by atoms with Crippen molar-refractivity contribution in [1.82, 2.24) is 15.1 Å². The summed E-state index contributed by atoms with van der Waals surface area (Å²) in [5.74, 6) is -0.528. The van der Waals surface area contributed by atoms with Crippen molar-refractivity contribution in [2.24, 2.45) is 0 Å². The zero-order chi connectivity index (χ0) is 18.1. The van der Waals surface area contributed by atoms with Gasteiger partial charge in [-0.2, -0.15) is 5.10 Å². The number of halogens is 2. The van der Waals surface area contributed by atoms with Crippen LogP contribution in [0.3, 0.4) is 0 Å². The van der Waals surface area contributed by atoms with Crippen LogP contribution in [0.5, 0.6) is 0 Å². The van der Waals surface area contributed by atoms with E-state index < -0.39 is 0 Å². The largest absolute Gasteiger partial charge is 0.311 e.